The molecule has 0 radical (unpaired) electrons. The standard InChI is InChI=1S/C17H13ClN4O3/c18-14-6-12(22-8-20-21-9-22)2-3-13(14)17(23)19-7-11-1-4-15-16(5-11)25-10-24-15/h1-6,8-9H,7,10H2,(H,19,23). The van der Waals surface area contributed by atoms with Crippen LogP contribution < -0.4 is 14.8 Å². The van der Waals surface area contributed by atoms with Gasteiger partial charge >= 0.3 is 0 Å². The zero-order chi connectivity index (χ0) is 17.2. The summed E-state index contributed by atoms with van der Waals surface area (Å²) in [6, 6.07) is 10.7. The van der Waals surface area contributed by atoms with Crippen molar-refractivity contribution in [3.8, 4) is 17.2 Å². The number of nitrogens with one attached hydrogen (secondary N) is 1. The topological polar surface area (TPSA) is 78.3 Å². The first-order chi connectivity index (χ1) is 12.2. The van der Waals surface area contributed by atoms with E-state index < -0.39 is 0 Å². The summed E-state index contributed by atoms with van der Waals surface area (Å²) in [5.41, 5.74) is 2.09. The third-order valence-corrected chi connectivity index (χ3v) is 4.12. The number of nitrogens with zero attached hydrogens (tertiary/aromatic N) is 3. The van der Waals surface area contributed by atoms with Crippen molar-refractivity contribution in [3.05, 3.63) is 65.2 Å². The van der Waals surface area contributed by atoms with Crippen molar-refractivity contribution in [3.63, 3.8) is 0 Å². The second-order valence-corrected chi connectivity index (χ2v) is 5.81. The van der Waals surface area contributed by atoms with Gasteiger partial charge in [-0.2, -0.15) is 0 Å². The highest BCUT2D eigenvalue weighted by Crippen LogP contribution is 2.32. The third-order valence-electron chi connectivity index (χ3n) is 3.80. The minimum Gasteiger partial charge on any atom is -0.454 e. The normalized spacial score (nSPS) is 12.2. The van der Waals surface area contributed by atoms with Crippen LogP contribution in [0.5, 0.6) is 11.5 Å². The second kappa shape index (κ2) is 6.45. The molecule has 0 fully saturated rings. The first kappa shape index (κ1) is 15.5. The van der Waals surface area contributed by atoms with Crippen molar-refractivity contribution in [1.82, 2.24) is 20.1 Å². The summed E-state index contributed by atoms with van der Waals surface area (Å²) < 4.78 is 12.3. The van der Waals surface area contributed by atoms with E-state index in [1.165, 1.54) is 0 Å². The number of amides is 1. The van der Waals surface area contributed by atoms with Crippen LogP contribution in [0.3, 0.4) is 0 Å². The van der Waals surface area contributed by atoms with Gasteiger partial charge in [0.05, 0.1) is 10.6 Å². The smallest absolute Gasteiger partial charge is 0.253 e. The Hall–Kier alpha value is -3.06. The molecule has 0 saturated heterocycles. The fourth-order valence-electron chi connectivity index (χ4n) is 2.51. The molecule has 0 aliphatic carbocycles. The van der Waals surface area contributed by atoms with E-state index in [0.29, 0.717) is 28.6 Å². The van der Waals surface area contributed by atoms with Crippen molar-refractivity contribution in [1.29, 1.82) is 0 Å². The highest BCUT2D eigenvalue weighted by Gasteiger charge is 2.15. The number of aromatic nitrogens is 3. The SMILES string of the molecule is O=C(NCc1ccc2c(c1)OCO2)c1ccc(-n2cnnc2)cc1Cl. The van der Waals surface area contributed by atoms with Crippen molar-refractivity contribution < 1.29 is 14.3 Å². The molecule has 1 aliphatic rings. The van der Waals surface area contributed by atoms with E-state index in [0.717, 1.165) is 11.3 Å². The van der Waals surface area contributed by atoms with Gasteiger partial charge in [0, 0.05) is 12.2 Å². The van der Waals surface area contributed by atoms with E-state index in [4.69, 9.17) is 21.1 Å². The fourth-order valence-corrected chi connectivity index (χ4v) is 2.77. The number of halogens is 1. The van der Waals surface area contributed by atoms with Crippen LogP contribution in [0.15, 0.2) is 49.1 Å². The molecule has 0 atom stereocenters. The molecule has 7 nitrogen and oxygen atoms in total. The summed E-state index contributed by atoms with van der Waals surface area (Å²) in [5.74, 6) is 1.14. The van der Waals surface area contributed by atoms with E-state index in [1.54, 1.807) is 35.4 Å². The second-order valence-electron chi connectivity index (χ2n) is 5.40. The van der Waals surface area contributed by atoms with E-state index in [2.05, 4.69) is 15.5 Å². The van der Waals surface area contributed by atoms with Gasteiger partial charge in [0.25, 0.3) is 5.91 Å². The Kier molecular flexibility index (Phi) is 3.99. The van der Waals surface area contributed by atoms with Crippen molar-refractivity contribution >= 4 is 17.5 Å². The zero-order valence-corrected chi connectivity index (χ0v) is 13.7. The van der Waals surface area contributed by atoms with Gasteiger partial charge in [-0.1, -0.05) is 17.7 Å². The molecular formula is C17H13ClN4O3. The molecule has 0 saturated carbocycles. The molecule has 126 valence electrons. The molecule has 3 aromatic rings. The molecule has 0 unspecified atom stereocenters. The summed E-state index contributed by atoms with van der Waals surface area (Å²) in [4.78, 5) is 12.4. The fraction of sp³-hybridized carbons (Fsp3) is 0.118. The number of carbonyl (C=O) groups excluding carboxylic acids is 1. The average Bonchev–Trinajstić information content (AvgIpc) is 3.30. The van der Waals surface area contributed by atoms with Crippen molar-refractivity contribution in [2.75, 3.05) is 6.79 Å². The molecule has 2 aromatic carbocycles. The van der Waals surface area contributed by atoms with Crippen LogP contribution in [0.4, 0.5) is 0 Å². The first-order valence-electron chi connectivity index (χ1n) is 7.52. The summed E-state index contributed by atoms with van der Waals surface area (Å²) >= 11 is 6.25. The number of hydrogen-bond acceptors (Lipinski definition) is 5. The van der Waals surface area contributed by atoms with Gasteiger partial charge in [0.1, 0.15) is 12.7 Å². The highest BCUT2D eigenvalue weighted by molar-refractivity contribution is 6.34. The number of hydrogen-bond donors (Lipinski definition) is 1. The maximum absolute atomic E-state index is 12.4. The highest BCUT2D eigenvalue weighted by atomic mass is 35.5. The van der Waals surface area contributed by atoms with E-state index in [1.807, 2.05) is 18.2 Å². The van der Waals surface area contributed by atoms with E-state index in [9.17, 15) is 4.79 Å². The van der Waals surface area contributed by atoms with Crippen molar-refractivity contribution in [2.24, 2.45) is 0 Å². The molecule has 8 heteroatoms. The largest absolute Gasteiger partial charge is 0.454 e. The van der Waals surface area contributed by atoms with Crippen LogP contribution in [0.25, 0.3) is 5.69 Å². The molecule has 25 heavy (non-hydrogen) atoms. The predicted octanol–water partition coefficient (Wildman–Crippen LogP) is 2.58. The number of fused-ring (bicyclic) bond motifs is 1. The van der Waals surface area contributed by atoms with Gasteiger partial charge in [-0.3, -0.25) is 9.36 Å². The molecule has 1 N–H and O–H groups in total. The molecule has 0 bridgehead atoms. The lowest BCUT2D eigenvalue weighted by Crippen LogP contribution is -2.23. The minimum atomic E-state index is -0.252. The molecular weight excluding hydrogens is 344 g/mol. The maximum atomic E-state index is 12.4. The van der Waals surface area contributed by atoms with Gasteiger partial charge in [-0.15, -0.1) is 10.2 Å². The molecule has 4 rings (SSSR count). The van der Waals surface area contributed by atoms with Crippen LogP contribution in [-0.4, -0.2) is 27.5 Å². The van der Waals surface area contributed by atoms with Gasteiger partial charge in [-0.05, 0) is 35.9 Å². The lowest BCUT2D eigenvalue weighted by molar-refractivity contribution is 0.0951. The van der Waals surface area contributed by atoms with Crippen molar-refractivity contribution in [2.45, 2.75) is 6.54 Å². The van der Waals surface area contributed by atoms with Gasteiger partial charge in [-0.25, -0.2) is 0 Å². The quantitative estimate of drug-likeness (QED) is 0.777. The monoisotopic (exact) mass is 356 g/mol. The number of rotatable bonds is 4. The summed E-state index contributed by atoms with van der Waals surface area (Å²) in [6.45, 7) is 0.582. The lowest BCUT2D eigenvalue weighted by atomic mass is 10.1. The Balaban J connectivity index is 1.46. The van der Waals surface area contributed by atoms with E-state index in [-0.39, 0.29) is 12.7 Å². The first-order valence-corrected chi connectivity index (χ1v) is 7.90. The van der Waals surface area contributed by atoms with Crippen LogP contribution in [0.1, 0.15) is 15.9 Å². The van der Waals surface area contributed by atoms with Crippen LogP contribution in [-0.2, 0) is 6.54 Å². The third kappa shape index (κ3) is 3.14. The number of ether oxygens (including phenoxy) is 2. The Bertz CT molecular complexity index is 928. The van der Waals surface area contributed by atoms with Crippen LogP contribution >= 0.6 is 11.6 Å². The predicted molar refractivity (Wildman–Crippen MR) is 90.1 cm³/mol. The maximum Gasteiger partial charge on any atom is 0.253 e. The van der Waals surface area contributed by atoms with Gasteiger partial charge < -0.3 is 14.8 Å². The molecule has 1 amide bonds. The molecule has 2 heterocycles. The van der Waals surface area contributed by atoms with Gasteiger partial charge in [0.15, 0.2) is 11.5 Å². The van der Waals surface area contributed by atoms with Gasteiger partial charge in [0.2, 0.25) is 6.79 Å². The summed E-state index contributed by atoms with van der Waals surface area (Å²) in [6.07, 6.45) is 3.12. The number of benzene rings is 2. The zero-order valence-electron chi connectivity index (χ0n) is 13.0. The number of carbonyl (C=O) groups is 1. The molecule has 0 spiro atoms. The Morgan fingerprint density at radius 3 is 2.72 bits per heavy atom. The Labute approximate surface area is 148 Å². The van der Waals surface area contributed by atoms with Crippen LogP contribution in [0.2, 0.25) is 5.02 Å². The van der Waals surface area contributed by atoms with Crippen LogP contribution in [0, 0.1) is 0 Å². The minimum absolute atomic E-state index is 0.222. The summed E-state index contributed by atoms with van der Waals surface area (Å²) in [7, 11) is 0. The summed E-state index contributed by atoms with van der Waals surface area (Å²) in [5, 5.41) is 10.7. The average molecular weight is 357 g/mol. The van der Waals surface area contributed by atoms with E-state index >= 15 is 0 Å². The lowest BCUT2D eigenvalue weighted by Gasteiger charge is -2.09. The molecule has 1 aromatic heterocycles. The molecule has 1 aliphatic heterocycles. The Morgan fingerprint density at radius 1 is 1.12 bits per heavy atom. The Morgan fingerprint density at radius 2 is 1.92 bits per heavy atom.